The first kappa shape index (κ1) is 18.3. The number of ketones is 2. The zero-order valence-corrected chi connectivity index (χ0v) is 15.4. The monoisotopic (exact) mass is 355 g/mol. The van der Waals surface area contributed by atoms with Crippen LogP contribution in [0.1, 0.15) is 31.8 Å². The summed E-state index contributed by atoms with van der Waals surface area (Å²) in [4.78, 5) is 25.6. The van der Waals surface area contributed by atoms with Crippen molar-refractivity contribution in [2.75, 3.05) is 5.32 Å². The number of carbonyl (C=O) groups excluding carboxylic acids is 2. The summed E-state index contributed by atoms with van der Waals surface area (Å²) in [5, 5.41) is 3.11. The van der Waals surface area contributed by atoms with E-state index in [9.17, 15) is 9.59 Å². The number of carbonyl (C=O) groups is 2. The van der Waals surface area contributed by atoms with Crippen molar-refractivity contribution < 1.29 is 9.59 Å². The highest BCUT2D eigenvalue weighted by atomic mass is 16.1. The molecule has 3 nitrogen and oxygen atoms in total. The normalized spacial score (nSPS) is 11.1. The fraction of sp³-hybridized carbons (Fsp3) is 0.0833. The van der Waals surface area contributed by atoms with Gasteiger partial charge in [-0.3, -0.25) is 9.59 Å². The maximum Gasteiger partial charge on any atom is 0.209 e. The molecule has 0 aliphatic carbocycles. The van der Waals surface area contributed by atoms with E-state index in [0.717, 1.165) is 16.8 Å². The number of benzene rings is 3. The minimum Gasteiger partial charge on any atom is -0.352 e. The van der Waals surface area contributed by atoms with Crippen LogP contribution >= 0.6 is 0 Å². The average molecular weight is 355 g/mol. The first-order chi connectivity index (χ1) is 13.0. The van der Waals surface area contributed by atoms with E-state index in [-0.39, 0.29) is 17.3 Å². The van der Waals surface area contributed by atoms with E-state index < -0.39 is 0 Å². The third kappa shape index (κ3) is 4.79. The van der Waals surface area contributed by atoms with Crippen molar-refractivity contribution in [1.82, 2.24) is 0 Å². The molecule has 0 aromatic heterocycles. The summed E-state index contributed by atoms with van der Waals surface area (Å²) in [6.45, 7) is 3.96. The Labute approximate surface area is 159 Å². The van der Waals surface area contributed by atoms with E-state index in [0.29, 0.717) is 11.1 Å². The quantitative estimate of drug-likeness (QED) is 0.478. The Balaban J connectivity index is 1.95. The summed E-state index contributed by atoms with van der Waals surface area (Å²) in [5.41, 5.74) is 4.28. The molecule has 0 atom stereocenters. The molecule has 0 bridgehead atoms. The maximum atomic E-state index is 13.0. The minimum atomic E-state index is -0.225. The Morgan fingerprint density at radius 3 is 1.85 bits per heavy atom. The van der Waals surface area contributed by atoms with E-state index >= 15 is 0 Å². The number of hydrogen-bond acceptors (Lipinski definition) is 3. The molecule has 0 aliphatic rings. The third-order valence-corrected chi connectivity index (χ3v) is 4.22. The van der Waals surface area contributed by atoms with Crippen LogP contribution in [0.25, 0.3) is 0 Å². The predicted molar refractivity (Wildman–Crippen MR) is 109 cm³/mol. The van der Waals surface area contributed by atoms with Gasteiger partial charge in [0.05, 0.1) is 5.70 Å². The second-order valence-corrected chi connectivity index (χ2v) is 6.47. The van der Waals surface area contributed by atoms with Gasteiger partial charge in [0.25, 0.3) is 0 Å². The van der Waals surface area contributed by atoms with Gasteiger partial charge >= 0.3 is 0 Å². The molecule has 0 radical (unpaired) electrons. The Hall–Kier alpha value is -3.46. The Kier molecular flexibility index (Phi) is 5.62. The third-order valence-electron chi connectivity index (χ3n) is 4.22. The standard InChI is InChI=1S/C24H21NO2/c1-17-8-12-19(13-9-17)23(26)16-22(24(27)20-6-4-3-5-7-20)25-21-14-10-18(2)11-15-21/h3-16,25H,1-2H3/b22-16-. The number of rotatable bonds is 6. The van der Waals surface area contributed by atoms with Crippen LogP contribution in [0.3, 0.4) is 0 Å². The molecule has 1 N–H and O–H groups in total. The van der Waals surface area contributed by atoms with Crippen molar-refractivity contribution in [3.63, 3.8) is 0 Å². The van der Waals surface area contributed by atoms with Gasteiger partial charge in [-0.15, -0.1) is 0 Å². The van der Waals surface area contributed by atoms with Gasteiger partial charge < -0.3 is 5.32 Å². The summed E-state index contributed by atoms with van der Waals surface area (Å²) >= 11 is 0. The Morgan fingerprint density at radius 1 is 0.704 bits per heavy atom. The number of aryl methyl sites for hydroxylation is 2. The van der Waals surface area contributed by atoms with E-state index in [4.69, 9.17) is 0 Å². The van der Waals surface area contributed by atoms with Crippen LogP contribution in [0.5, 0.6) is 0 Å². The first-order valence-corrected chi connectivity index (χ1v) is 8.79. The van der Waals surface area contributed by atoms with Crippen molar-refractivity contribution in [2.24, 2.45) is 0 Å². The van der Waals surface area contributed by atoms with Crippen molar-refractivity contribution in [2.45, 2.75) is 13.8 Å². The molecule has 27 heavy (non-hydrogen) atoms. The summed E-state index contributed by atoms with van der Waals surface area (Å²) in [6, 6.07) is 23.9. The van der Waals surface area contributed by atoms with Gasteiger partial charge in [-0.25, -0.2) is 0 Å². The number of hydrogen-bond donors (Lipinski definition) is 1. The number of Topliss-reactive ketones (excluding diaryl/α,β-unsaturated/α-hetero) is 1. The lowest BCUT2D eigenvalue weighted by Gasteiger charge is -2.11. The summed E-state index contributed by atoms with van der Waals surface area (Å²) < 4.78 is 0. The molecule has 0 saturated heterocycles. The second-order valence-electron chi connectivity index (χ2n) is 6.47. The maximum absolute atomic E-state index is 13.0. The molecule has 3 aromatic carbocycles. The second kappa shape index (κ2) is 8.28. The highest BCUT2D eigenvalue weighted by Crippen LogP contribution is 2.16. The van der Waals surface area contributed by atoms with Crippen LogP contribution in [-0.2, 0) is 0 Å². The smallest absolute Gasteiger partial charge is 0.209 e. The lowest BCUT2D eigenvalue weighted by Crippen LogP contribution is -2.14. The van der Waals surface area contributed by atoms with E-state index in [2.05, 4.69) is 5.32 Å². The average Bonchev–Trinajstić information content (AvgIpc) is 2.69. The zero-order valence-electron chi connectivity index (χ0n) is 15.4. The highest BCUT2D eigenvalue weighted by molar-refractivity contribution is 6.16. The van der Waals surface area contributed by atoms with Gasteiger partial charge in [-0.1, -0.05) is 77.9 Å². The molecule has 3 rings (SSSR count). The van der Waals surface area contributed by atoms with Crippen LogP contribution in [0.4, 0.5) is 5.69 Å². The van der Waals surface area contributed by atoms with Gasteiger partial charge in [0, 0.05) is 22.9 Å². The fourth-order valence-corrected chi connectivity index (χ4v) is 2.63. The fourth-order valence-electron chi connectivity index (χ4n) is 2.63. The number of anilines is 1. The molecule has 0 unspecified atom stereocenters. The van der Waals surface area contributed by atoms with Gasteiger partial charge in [0.15, 0.2) is 5.78 Å². The minimum absolute atomic E-state index is 0.214. The molecule has 3 aromatic rings. The topological polar surface area (TPSA) is 46.2 Å². The molecule has 0 aliphatic heterocycles. The van der Waals surface area contributed by atoms with Crippen molar-refractivity contribution >= 4 is 17.3 Å². The molecule has 0 saturated carbocycles. The van der Waals surface area contributed by atoms with Crippen LogP contribution in [-0.4, -0.2) is 11.6 Å². The van der Waals surface area contributed by atoms with Crippen LogP contribution < -0.4 is 5.32 Å². The molecule has 0 heterocycles. The summed E-state index contributed by atoms with van der Waals surface area (Å²) in [6.07, 6.45) is 1.37. The largest absolute Gasteiger partial charge is 0.352 e. The van der Waals surface area contributed by atoms with Gasteiger partial charge in [-0.2, -0.15) is 0 Å². The van der Waals surface area contributed by atoms with Crippen LogP contribution in [0.2, 0.25) is 0 Å². The SMILES string of the molecule is Cc1ccc(N/C(=C\C(=O)c2ccc(C)cc2)C(=O)c2ccccc2)cc1. The Morgan fingerprint density at radius 2 is 1.26 bits per heavy atom. The molecular weight excluding hydrogens is 334 g/mol. The molecule has 0 amide bonds. The molecular formula is C24H21NO2. The first-order valence-electron chi connectivity index (χ1n) is 8.79. The predicted octanol–water partition coefficient (Wildman–Crippen LogP) is 5.37. The lowest BCUT2D eigenvalue weighted by atomic mass is 10.0. The molecule has 134 valence electrons. The summed E-state index contributed by atoms with van der Waals surface area (Å²) in [5.74, 6) is -0.439. The van der Waals surface area contributed by atoms with Crippen LogP contribution in [0, 0.1) is 13.8 Å². The van der Waals surface area contributed by atoms with Crippen LogP contribution in [0.15, 0.2) is 90.6 Å². The molecule has 3 heteroatoms. The van der Waals surface area contributed by atoms with E-state index in [1.54, 1.807) is 36.4 Å². The highest BCUT2D eigenvalue weighted by Gasteiger charge is 2.15. The molecule has 0 fully saturated rings. The number of allylic oxidation sites excluding steroid dienone is 2. The van der Waals surface area contributed by atoms with E-state index in [1.807, 2.05) is 56.3 Å². The van der Waals surface area contributed by atoms with Gasteiger partial charge in [-0.05, 0) is 26.0 Å². The lowest BCUT2D eigenvalue weighted by molar-refractivity contribution is 0.101. The van der Waals surface area contributed by atoms with Crippen molar-refractivity contribution in [3.8, 4) is 0 Å². The number of nitrogens with one attached hydrogen (secondary N) is 1. The van der Waals surface area contributed by atoms with Crippen molar-refractivity contribution in [3.05, 3.63) is 113 Å². The van der Waals surface area contributed by atoms with Gasteiger partial charge in [0.2, 0.25) is 5.78 Å². The van der Waals surface area contributed by atoms with Gasteiger partial charge in [0.1, 0.15) is 0 Å². The Bertz CT molecular complexity index is 969. The molecule has 0 spiro atoms. The summed E-state index contributed by atoms with van der Waals surface area (Å²) in [7, 11) is 0. The zero-order chi connectivity index (χ0) is 19.2. The van der Waals surface area contributed by atoms with Crippen molar-refractivity contribution in [1.29, 1.82) is 0 Å². The van der Waals surface area contributed by atoms with E-state index in [1.165, 1.54) is 6.08 Å².